The van der Waals surface area contributed by atoms with Gasteiger partial charge < -0.3 is 20.3 Å². The van der Waals surface area contributed by atoms with Crippen LogP contribution in [0.15, 0.2) is 0 Å². The molecule has 1 saturated heterocycles. The molecule has 0 radical (unpaired) electrons. The number of rotatable bonds is 1. The van der Waals surface area contributed by atoms with Crippen molar-refractivity contribution in [2.45, 2.75) is 31.5 Å². The van der Waals surface area contributed by atoms with Crippen molar-refractivity contribution in [3.05, 3.63) is 0 Å². The fourth-order valence-electron chi connectivity index (χ4n) is 1.11. The van der Waals surface area contributed by atoms with Crippen LogP contribution in [0.2, 0.25) is 0 Å². The fourth-order valence-corrected chi connectivity index (χ4v) is 1.11. The van der Waals surface area contributed by atoms with E-state index < -0.39 is 12.6 Å². The van der Waals surface area contributed by atoms with Gasteiger partial charge in [-0.05, 0) is 7.05 Å². The van der Waals surface area contributed by atoms with Gasteiger partial charge in [0, 0.05) is 18.9 Å². The summed E-state index contributed by atoms with van der Waals surface area (Å²) in [5.41, 5.74) is 0. The van der Waals surface area contributed by atoms with Gasteiger partial charge in [-0.15, -0.1) is 0 Å². The molecule has 3 N–H and O–H groups in total. The van der Waals surface area contributed by atoms with Crippen LogP contribution in [0.5, 0.6) is 0 Å². The number of nitrogens with one attached hydrogen (secondary N) is 1. The second-order valence-corrected chi connectivity index (χ2v) is 2.50. The molecule has 60 valence electrons. The summed E-state index contributed by atoms with van der Waals surface area (Å²) in [5.74, 6) is 0. The number of aliphatic hydroxyl groups excluding tert-OH is 2. The smallest absolute Gasteiger partial charge is 0.159 e. The van der Waals surface area contributed by atoms with E-state index >= 15 is 0 Å². The summed E-state index contributed by atoms with van der Waals surface area (Å²) in [7, 11) is 1.80. The lowest BCUT2D eigenvalue weighted by Crippen LogP contribution is -2.41. The molecule has 0 spiro atoms. The second kappa shape index (κ2) is 3.30. The van der Waals surface area contributed by atoms with Gasteiger partial charge in [-0.3, -0.25) is 0 Å². The molecule has 1 aliphatic rings. The van der Waals surface area contributed by atoms with E-state index in [0.717, 1.165) is 0 Å². The Morgan fingerprint density at radius 1 is 1.30 bits per heavy atom. The lowest BCUT2D eigenvalue weighted by atomic mass is 10.1. The van der Waals surface area contributed by atoms with E-state index in [1.165, 1.54) is 0 Å². The first-order chi connectivity index (χ1) is 4.72. The molecule has 2 unspecified atom stereocenters. The zero-order valence-corrected chi connectivity index (χ0v) is 5.95. The molecule has 1 heterocycles. The Kier molecular flexibility index (Phi) is 2.62. The van der Waals surface area contributed by atoms with Crippen LogP contribution in [0, 0.1) is 0 Å². The molecule has 0 saturated carbocycles. The van der Waals surface area contributed by atoms with Crippen molar-refractivity contribution in [3.8, 4) is 0 Å². The predicted octanol–water partition coefficient (Wildman–Crippen LogP) is -0.978. The highest BCUT2D eigenvalue weighted by atomic mass is 16.7. The van der Waals surface area contributed by atoms with Gasteiger partial charge in [0.1, 0.15) is 0 Å². The van der Waals surface area contributed by atoms with Crippen LogP contribution in [-0.2, 0) is 4.74 Å². The summed E-state index contributed by atoms with van der Waals surface area (Å²) in [6.45, 7) is 0. The third-order valence-electron chi connectivity index (χ3n) is 1.69. The molecule has 0 bridgehead atoms. The molecule has 10 heavy (non-hydrogen) atoms. The van der Waals surface area contributed by atoms with Crippen LogP contribution < -0.4 is 5.32 Å². The first-order valence-electron chi connectivity index (χ1n) is 3.41. The highest BCUT2D eigenvalue weighted by Gasteiger charge is 2.25. The third kappa shape index (κ3) is 1.91. The molecular formula is C6H13NO3. The normalized spacial score (nSPS) is 41.7. The van der Waals surface area contributed by atoms with Gasteiger partial charge in [-0.2, -0.15) is 0 Å². The van der Waals surface area contributed by atoms with Crippen LogP contribution in [0.4, 0.5) is 0 Å². The van der Waals surface area contributed by atoms with Crippen molar-refractivity contribution in [1.82, 2.24) is 5.32 Å². The van der Waals surface area contributed by atoms with Gasteiger partial charge in [0.2, 0.25) is 0 Å². The summed E-state index contributed by atoms with van der Waals surface area (Å²) < 4.78 is 4.69. The third-order valence-corrected chi connectivity index (χ3v) is 1.69. The molecule has 1 aliphatic heterocycles. The number of hydrogen-bond acceptors (Lipinski definition) is 4. The van der Waals surface area contributed by atoms with Crippen LogP contribution in [0.3, 0.4) is 0 Å². The first-order valence-corrected chi connectivity index (χ1v) is 3.41. The summed E-state index contributed by atoms with van der Waals surface area (Å²) in [4.78, 5) is 0. The van der Waals surface area contributed by atoms with Crippen LogP contribution in [0.1, 0.15) is 12.8 Å². The number of ether oxygens (including phenoxy) is 1. The van der Waals surface area contributed by atoms with Gasteiger partial charge >= 0.3 is 0 Å². The van der Waals surface area contributed by atoms with Gasteiger partial charge in [0.25, 0.3) is 0 Å². The van der Waals surface area contributed by atoms with E-state index in [4.69, 9.17) is 10.2 Å². The zero-order chi connectivity index (χ0) is 7.56. The Morgan fingerprint density at radius 3 is 2.20 bits per heavy atom. The number of hydrogen-bond donors (Lipinski definition) is 3. The molecule has 1 fully saturated rings. The first kappa shape index (κ1) is 7.94. The average molecular weight is 147 g/mol. The largest absolute Gasteiger partial charge is 0.368 e. The molecule has 2 atom stereocenters. The second-order valence-electron chi connectivity index (χ2n) is 2.50. The summed E-state index contributed by atoms with van der Waals surface area (Å²) in [6, 6.07) is 0.166. The van der Waals surface area contributed by atoms with E-state index in [0.29, 0.717) is 12.8 Å². The highest BCUT2D eigenvalue weighted by Crippen LogP contribution is 2.15. The van der Waals surface area contributed by atoms with Crippen LogP contribution >= 0.6 is 0 Å². The lowest BCUT2D eigenvalue weighted by Gasteiger charge is -2.29. The molecule has 4 heteroatoms. The standard InChI is InChI=1S/C6H13NO3/c1-7-4-2-5(8)10-6(9)3-4/h4-9H,2-3H2,1H3. The van der Waals surface area contributed by atoms with Gasteiger partial charge in [-0.1, -0.05) is 0 Å². The summed E-state index contributed by atoms with van der Waals surface area (Å²) >= 11 is 0. The van der Waals surface area contributed by atoms with E-state index in [1.807, 2.05) is 0 Å². The SMILES string of the molecule is CNC1CC(O)OC(O)C1. The monoisotopic (exact) mass is 147 g/mol. The fraction of sp³-hybridized carbons (Fsp3) is 1.00. The van der Waals surface area contributed by atoms with E-state index in [1.54, 1.807) is 7.05 Å². The Bertz CT molecular complexity index is 99.2. The van der Waals surface area contributed by atoms with Crippen molar-refractivity contribution in [3.63, 3.8) is 0 Å². The quantitative estimate of drug-likeness (QED) is 0.446. The summed E-state index contributed by atoms with van der Waals surface area (Å²) in [5, 5.41) is 20.9. The molecule has 0 aromatic heterocycles. The maximum Gasteiger partial charge on any atom is 0.159 e. The van der Waals surface area contributed by atoms with Crippen molar-refractivity contribution in [1.29, 1.82) is 0 Å². The Balaban J connectivity index is 2.35. The molecule has 0 aliphatic carbocycles. The lowest BCUT2D eigenvalue weighted by molar-refractivity contribution is -0.237. The Labute approximate surface area is 59.8 Å². The average Bonchev–Trinajstić information content (AvgIpc) is 1.85. The minimum atomic E-state index is -0.818. The molecular weight excluding hydrogens is 134 g/mol. The molecule has 0 aromatic carbocycles. The predicted molar refractivity (Wildman–Crippen MR) is 35.2 cm³/mol. The maximum absolute atomic E-state index is 8.96. The van der Waals surface area contributed by atoms with E-state index in [9.17, 15) is 0 Å². The van der Waals surface area contributed by atoms with Gasteiger partial charge in [-0.25, -0.2) is 0 Å². The topological polar surface area (TPSA) is 61.7 Å². The van der Waals surface area contributed by atoms with Gasteiger partial charge in [0.05, 0.1) is 0 Å². The molecule has 0 amide bonds. The van der Waals surface area contributed by atoms with Gasteiger partial charge in [0.15, 0.2) is 12.6 Å². The van der Waals surface area contributed by atoms with Crippen molar-refractivity contribution in [2.24, 2.45) is 0 Å². The molecule has 4 nitrogen and oxygen atoms in total. The number of aliphatic hydroxyl groups is 2. The Morgan fingerprint density at radius 2 is 1.80 bits per heavy atom. The molecule has 1 rings (SSSR count). The van der Waals surface area contributed by atoms with Crippen molar-refractivity contribution >= 4 is 0 Å². The van der Waals surface area contributed by atoms with Crippen molar-refractivity contribution < 1.29 is 14.9 Å². The maximum atomic E-state index is 8.96. The minimum absolute atomic E-state index is 0.166. The molecule has 0 aromatic rings. The highest BCUT2D eigenvalue weighted by molar-refractivity contribution is 4.71. The Hall–Kier alpha value is -0.160. The van der Waals surface area contributed by atoms with Crippen LogP contribution in [0.25, 0.3) is 0 Å². The minimum Gasteiger partial charge on any atom is -0.368 e. The van der Waals surface area contributed by atoms with E-state index in [-0.39, 0.29) is 6.04 Å². The van der Waals surface area contributed by atoms with E-state index in [2.05, 4.69) is 10.1 Å². The summed E-state index contributed by atoms with van der Waals surface area (Å²) in [6.07, 6.45) is -0.538. The van der Waals surface area contributed by atoms with Crippen molar-refractivity contribution in [2.75, 3.05) is 7.05 Å². The zero-order valence-electron chi connectivity index (χ0n) is 5.95. The van der Waals surface area contributed by atoms with Crippen LogP contribution in [-0.4, -0.2) is 35.9 Å².